The predicted octanol–water partition coefficient (Wildman–Crippen LogP) is 7.19. The van der Waals surface area contributed by atoms with Crippen molar-refractivity contribution >= 4 is 11.9 Å². The molecule has 0 spiro atoms. The van der Waals surface area contributed by atoms with Gasteiger partial charge >= 0.3 is 6.09 Å². The number of hydrogen-bond donors (Lipinski definition) is 0. The van der Waals surface area contributed by atoms with Gasteiger partial charge in [0.05, 0.1) is 6.61 Å². The Bertz CT molecular complexity index is 1220. The second-order valence-corrected chi connectivity index (χ2v) is 11.7. The maximum atomic E-state index is 13.6. The summed E-state index contributed by atoms with van der Waals surface area (Å²) in [6, 6.07) is 18.9. The molecule has 0 aliphatic carbocycles. The number of aromatic nitrogens is 1. The predicted molar refractivity (Wildman–Crippen MR) is 152 cm³/mol. The second kappa shape index (κ2) is 12.5. The van der Waals surface area contributed by atoms with Crippen molar-refractivity contribution in [2.24, 2.45) is 5.92 Å². The Balaban J connectivity index is 1.52. The Morgan fingerprint density at radius 3 is 2.31 bits per heavy atom. The monoisotopic (exact) mass is 533 g/mol. The summed E-state index contributed by atoms with van der Waals surface area (Å²) in [7, 11) is 0. The summed E-state index contributed by atoms with van der Waals surface area (Å²) < 4.78 is 25.0. The minimum atomic E-state index is -0.515. The second-order valence-electron chi connectivity index (χ2n) is 11.7. The number of anilines is 1. The van der Waals surface area contributed by atoms with Gasteiger partial charge < -0.3 is 19.3 Å². The van der Waals surface area contributed by atoms with Gasteiger partial charge in [-0.25, -0.2) is 14.2 Å². The minimum Gasteiger partial charge on any atom is -0.493 e. The highest BCUT2D eigenvalue weighted by atomic mass is 19.1. The fraction of sp³-hybridized carbons (Fsp3) is 0.438. The molecule has 1 aromatic heterocycles. The van der Waals surface area contributed by atoms with Crippen LogP contribution in [0.3, 0.4) is 0 Å². The summed E-state index contributed by atoms with van der Waals surface area (Å²) in [4.78, 5) is 21.3. The van der Waals surface area contributed by atoms with Gasteiger partial charge in [0.2, 0.25) is 0 Å². The van der Waals surface area contributed by atoms with Gasteiger partial charge in [-0.05, 0) is 86.2 Å². The van der Waals surface area contributed by atoms with E-state index in [0.29, 0.717) is 38.7 Å². The molecule has 208 valence electrons. The molecule has 1 atom stereocenters. The van der Waals surface area contributed by atoms with E-state index < -0.39 is 5.60 Å². The summed E-state index contributed by atoms with van der Waals surface area (Å²) in [5, 5.41) is 0. The molecule has 0 radical (unpaired) electrons. The van der Waals surface area contributed by atoms with Gasteiger partial charge in [0.15, 0.2) is 0 Å². The zero-order valence-corrected chi connectivity index (χ0v) is 23.7. The highest BCUT2D eigenvalue weighted by Gasteiger charge is 2.31. The van der Waals surface area contributed by atoms with Crippen LogP contribution in [0.2, 0.25) is 0 Å². The van der Waals surface area contributed by atoms with E-state index >= 15 is 0 Å². The summed E-state index contributed by atoms with van der Waals surface area (Å²) in [6.07, 6.45) is 2.44. The molecule has 1 saturated heterocycles. The third-order valence-corrected chi connectivity index (χ3v) is 6.57. The van der Waals surface area contributed by atoms with Crippen LogP contribution in [0.1, 0.15) is 63.6 Å². The van der Waals surface area contributed by atoms with Crippen LogP contribution in [0.4, 0.5) is 15.0 Å². The molecule has 7 heteroatoms. The lowest BCUT2D eigenvalue weighted by molar-refractivity contribution is 0.0292. The van der Waals surface area contributed by atoms with Crippen LogP contribution in [-0.2, 0) is 17.8 Å². The zero-order chi connectivity index (χ0) is 28.0. The molecule has 3 aromatic rings. The first-order valence-corrected chi connectivity index (χ1v) is 13.7. The normalized spacial score (nSPS) is 15.5. The van der Waals surface area contributed by atoms with E-state index in [1.54, 1.807) is 4.90 Å². The molecule has 0 N–H and O–H groups in total. The maximum absolute atomic E-state index is 13.6. The van der Waals surface area contributed by atoms with Crippen LogP contribution >= 0.6 is 0 Å². The van der Waals surface area contributed by atoms with Gasteiger partial charge in [-0.3, -0.25) is 0 Å². The molecule has 1 unspecified atom stereocenters. The number of halogens is 1. The molecule has 1 aliphatic heterocycles. The molecular formula is C32H40FN3O3. The van der Waals surface area contributed by atoms with E-state index in [1.165, 1.54) is 12.1 Å². The van der Waals surface area contributed by atoms with Gasteiger partial charge in [-0.15, -0.1) is 0 Å². The number of likely N-dealkylation sites (tertiary alicyclic amines) is 1. The Morgan fingerprint density at radius 2 is 1.69 bits per heavy atom. The van der Waals surface area contributed by atoms with Gasteiger partial charge in [0.1, 0.15) is 23.0 Å². The van der Waals surface area contributed by atoms with Crippen molar-refractivity contribution in [3.63, 3.8) is 0 Å². The third-order valence-electron chi connectivity index (χ3n) is 6.57. The van der Waals surface area contributed by atoms with Gasteiger partial charge in [-0.1, -0.05) is 38.1 Å². The van der Waals surface area contributed by atoms with E-state index in [9.17, 15) is 9.18 Å². The quantitative estimate of drug-likeness (QED) is 0.291. The molecule has 1 aliphatic rings. The molecule has 0 bridgehead atoms. The summed E-state index contributed by atoms with van der Waals surface area (Å²) >= 11 is 0. The highest BCUT2D eigenvalue weighted by molar-refractivity contribution is 5.68. The summed E-state index contributed by atoms with van der Waals surface area (Å²) in [5.74, 6) is 2.12. The SMILES string of the molecule is CC(C)COc1ccc(CN(Cc2ccc(F)cc2)c2cc(C3CCN(C(=O)OC(C)(C)C)C3)ccn2)cc1. The zero-order valence-electron chi connectivity index (χ0n) is 23.7. The average Bonchev–Trinajstić information content (AvgIpc) is 3.39. The Labute approximate surface area is 231 Å². The number of benzene rings is 2. The molecule has 6 nitrogen and oxygen atoms in total. The largest absolute Gasteiger partial charge is 0.493 e. The van der Waals surface area contributed by atoms with Crippen molar-refractivity contribution in [2.75, 3.05) is 24.6 Å². The topological polar surface area (TPSA) is 54.9 Å². The van der Waals surface area contributed by atoms with Crippen LogP contribution in [0.25, 0.3) is 0 Å². The summed E-state index contributed by atoms with van der Waals surface area (Å²) in [5.41, 5.74) is 2.75. The lowest BCUT2D eigenvalue weighted by Crippen LogP contribution is -2.35. The van der Waals surface area contributed by atoms with Gasteiger partial charge in [-0.2, -0.15) is 0 Å². The number of carbonyl (C=O) groups is 1. The number of rotatable bonds is 9. The highest BCUT2D eigenvalue weighted by Crippen LogP contribution is 2.31. The fourth-order valence-corrected chi connectivity index (χ4v) is 4.59. The number of hydrogen-bond acceptors (Lipinski definition) is 5. The van der Waals surface area contributed by atoms with Gasteiger partial charge in [0, 0.05) is 38.3 Å². The molecule has 4 rings (SSSR count). The van der Waals surface area contributed by atoms with Crippen LogP contribution in [0.5, 0.6) is 5.75 Å². The van der Waals surface area contributed by atoms with Gasteiger partial charge in [0.25, 0.3) is 0 Å². The standard InChI is InChI=1S/C32H40FN3O3/c1-23(2)22-38-29-12-8-25(9-13-29)20-36(19-24-6-10-28(33)11-7-24)30-18-26(14-16-34-30)27-15-17-35(21-27)31(37)39-32(3,4)5/h6-14,16,18,23,27H,15,17,19-22H2,1-5H3. The van der Waals surface area contributed by atoms with Crippen LogP contribution in [-0.4, -0.2) is 41.3 Å². The van der Waals surface area contributed by atoms with Crippen molar-refractivity contribution in [1.29, 1.82) is 0 Å². The van der Waals surface area contributed by atoms with E-state index in [2.05, 4.69) is 36.9 Å². The number of nitrogens with zero attached hydrogens (tertiary/aromatic N) is 3. The van der Waals surface area contributed by atoms with E-state index in [-0.39, 0.29) is 17.8 Å². The lowest BCUT2D eigenvalue weighted by atomic mass is 9.99. The Morgan fingerprint density at radius 1 is 1.05 bits per heavy atom. The number of amides is 1. The molecule has 1 fully saturated rings. The smallest absolute Gasteiger partial charge is 0.410 e. The Kier molecular flexibility index (Phi) is 9.10. The molecule has 2 aromatic carbocycles. The van der Waals surface area contributed by atoms with Crippen molar-refractivity contribution in [2.45, 2.75) is 65.6 Å². The first-order chi connectivity index (χ1) is 18.6. The first kappa shape index (κ1) is 28.4. The summed E-state index contributed by atoms with van der Waals surface area (Å²) in [6.45, 7) is 13.1. The van der Waals surface area contributed by atoms with Crippen molar-refractivity contribution in [3.05, 3.63) is 89.4 Å². The van der Waals surface area contributed by atoms with Crippen molar-refractivity contribution in [3.8, 4) is 5.75 Å². The maximum Gasteiger partial charge on any atom is 0.410 e. The molecule has 1 amide bonds. The van der Waals surface area contributed by atoms with E-state index in [4.69, 9.17) is 14.5 Å². The third kappa shape index (κ3) is 8.44. The molecule has 0 saturated carbocycles. The minimum absolute atomic E-state index is 0.212. The fourth-order valence-electron chi connectivity index (χ4n) is 4.59. The number of ether oxygens (including phenoxy) is 2. The average molecular weight is 534 g/mol. The molecule has 2 heterocycles. The van der Waals surface area contributed by atoms with Crippen LogP contribution in [0, 0.1) is 11.7 Å². The van der Waals surface area contributed by atoms with Crippen molar-refractivity contribution < 1.29 is 18.7 Å². The Hall–Kier alpha value is -3.61. The molecular weight excluding hydrogens is 493 g/mol. The lowest BCUT2D eigenvalue weighted by Gasteiger charge is -2.26. The molecule has 39 heavy (non-hydrogen) atoms. The van der Waals surface area contributed by atoms with E-state index in [1.807, 2.05) is 57.3 Å². The number of pyridine rings is 1. The van der Waals surface area contributed by atoms with Crippen molar-refractivity contribution in [1.82, 2.24) is 9.88 Å². The first-order valence-electron chi connectivity index (χ1n) is 13.7. The van der Waals surface area contributed by atoms with Crippen LogP contribution < -0.4 is 9.64 Å². The number of carbonyl (C=O) groups excluding carboxylic acids is 1. The van der Waals surface area contributed by atoms with E-state index in [0.717, 1.165) is 34.7 Å². The van der Waals surface area contributed by atoms with Crippen LogP contribution in [0.15, 0.2) is 66.9 Å².